The van der Waals surface area contributed by atoms with Crippen LogP contribution in [-0.2, 0) is 11.8 Å². The number of pyridine rings is 1. The molecule has 0 amide bonds. The van der Waals surface area contributed by atoms with Crippen molar-refractivity contribution in [2.75, 3.05) is 20.0 Å². The van der Waals surface area contributed by atoms with Crippen LogP contribution in [0.1, 0.15) is 17.3 Å². The molecule has 8 heteroatoms. The van der Waals surface area contributed by atoms with E-state index in [1.54, 1.807) is 18.7 Å². The van der Waals surface area contributed by atoms with Gasteiger partial charge in [0, 0.05) is 27.5 Å². The summed E-state index contributed by atoms with van der Waals surface area (Å²) in [6.45, 7) is 2.08. The van der Waals surface area contributed by atoms with E-state index in [1.807, 2.05) is 61.8 Å². The number of ether oxygens (including phenoxy) is 2. The van der Waals surface area contributed by atoms with Crippen molar-refractivity contribution in [2.45, 2.75) is 11.8 Å². The maximum Gasteiger partial charge on any atom is 0.341 e. The Bertz CT molecular complexity index is 1290. The Balaban J connectivity index is 2.06. The Hall–Kier alpha value is -2.84. The summed E-state index contributed by atoms with van der Waals surface area (Å²) in [6, 6.07) is 15.4. The van der Waals surface area contributed by atoms with E-state index in [0.29, 0.717) is 16.9 Å². The van der Waals surface area contributed by atoms with Gasteiger partial charge in [0.2, 0.25) is 0 Å². The van der Waals surface area contributed by atoms with E-state index >= 15 is 0 Å². The third-order valence-electron chi connectivity index (χ3n) is 5.09. The fraction of sp³-hybridized carbons (Fsp3) is 0.208. The minimum absolute atomic E-state index is 0.277. The smallest absolute Gasteiger partial charge is 0.341 e. The lowest BCUT2D eigenvalue weighted by atomic mass is 10.0. The van der Waals surface area contributed by atoms with E-state index in [9.17, 15) is 4.79 Å². The molecule has 0 N–H and O–H groups in total. The summed E-state index contributed by atoms with van der Waals surface area (Å²) < 4.78 is 13.5. The largest absolute Gasteiger partial charge is 0.497 e. The maximum atomic E-state index is 13.2. The lowest BCUT2D eigenvalue weighted by Crippen LogP contribution is -2.10. The number of esters is 1. The predicted molar refractivity (Wildman–Crippen MR) is 131 cm³/mol. The number of carbonyl (C=O) groups excluding carboxylic acids is 1. The molecule has 32 heavy (non-hydrogen) atoms. The SMILES string of the molecule is CCOC(=O)c1c(-c2ccc(OC)cc2)nc2c(c(-c3ccc(Br)cc3)nn2C)c1SC. The predicted octanol–water partition coefficient (Wildman–Crippen LogP) is 5.97. The Kier molecular flexibility index (Phi) is 6.53. The highest BCUT2D eigenvalue weighted by Crippen LogP contribution is 2.40. The quantitative estimate of drug-likeness (QED) is 0.234. The van der Waals surface area contributed by atoms with Crippen LogP contribution in [0.2, 0.25) is 0 Å². The van der Waals surface area contributed by atoms with Crippen molar-refractivity contribution in [3.8, 4) is 28.3 Å². The van der Waals surface area contributed by atoms with Crippen LogP contribution in [0.15, 0.2) is 57.9 Å². The minimum Gasteiger partial charge on any atom is -0.497 e. The number of methoxy groups -OCH3 is 1. The lowest BCUT2D eigenvalue weighted by molar-refractivity contribution is 0.0523. The Morgan fingerprint density at radius 2 is 1.69 bits per heavy atom. The molecular weight excluding hydrogens is 490 g/mol. The van der Waals surface area contributed by atoms with Crippen LogP contribution < -0.4 is 4.74 Å². The molecular formula is C24H22BrN3O3S. The first-order valence-electron chi connectivity index (χ1n) is 10.0. The molecule has 4 rings (SSSR count). The van der Waals surface area contributed by atoms with Crippen LogP contribution in [0.4, 0.5) is 0 Å². The van der Waals surface area contributed by atoms with E-state index in [1.165, 1.54) is 11.8 Å². The summed E-state index contributed by atoms with van der Waals surface area (Å²) in [5, 5.41) is 5.60. The molecule has 0 aliphatic carbocycles. The van der Waals surface area contributed by atoms with Gasteiger partial charge in [-0.1, -0.05) is 28.1 Å². The Morgan fingerprint density at radius 3 is 2.28 bits per heavy atom. The highest BCUT2D eigenvalue weighted by Gasteiger charge is 2.27. The first kappa shape index (κ1) is 22.4. The normalized spacial score (nSPS) is 11.0. The maximum absolute atomic E-state index is 13.2. The molecule has 0 saturated carbocycles. The Labute approximate surface area is 199 Å². The molecule has 0 bridgehead atoms. The lowest BCUT2D eigenvalue weighted by Gasteiger charge is -2.14. The van der Waals surface area contributed by atoms with Gasteiger partial charge in [-0.3, -0.25) is 0 Å². The van der Waals surface area contributed by atoms with Gasteiger partial charge in [0.25, 0.3) is 0 Å². The van der Waals surface area contributed by atoms with Gasteiger partial charge in [-0.25, -0.2) is 14.5 Å². The van der Waals surface area contributed by atoms with Crippen LogP contribution in [-0.4, -0.2) is 40.7 Å². The van der Waals surface area contributed by atoms with Crippen molar-refractivity contribution in [3.05, 3.63) is 58.6 Å². The molecule has 164 valence electrons. The molecule has 0 spiro atoms. The number of thioether (sulfide) groups is 1. The number of aromatic nitrogens is 3. The van der Waals surface area contributed by atoms with Gasteiger partial charge in [0.05, 0.1) is 24.8 Å². The summed E-state index contributed by atoms with van der Waals surface area (Å²) in [5.41, 5.74) is 4.24. The van der Waals surface area contributed by atoms with Gasteiger partial charge in [-0.2, -0.15) is 5.10 Å². The number of carbonyl (C=O) groups is 1. The van der Waals surface area contributed by atoms with Gasteiger partial charge in [-0.15, -0.1) is 11.8 Å². The van der Waals surface area contributed by atoms with Gasteiger partial charge >= 0.3 is 5.97 Å². The van der Waals surface area contributed by atoms with Crippen LogP contribution in [0, 0.1) is 0 Å². The third-order valence-corrected chi connectivity index (χ3v) is 6.44. The van der Waals surface area contributed by atoms with E-state index in [4.69, 9.17) is 19.6 Å². The number of hydrogen-bond donors (Lipinski definition) is 0. The molecule has 0 fully saturated rings. The van der Waals surface area contributed by atoms with Crippen LogP contribution in [0.25, 0.3) is 33.5 Å². The molecule has 4 aromatic rings. The van der Waals surface area contributed by atoms with E-state index < -0.39 is 5.97 Å². The zero-order chi connectivity index (χ0) is 22.8. The van der Waals surface area contributed by atoms with Gasteiger partial charge in [-0.05, 0) is 49.6 Å². The average Bonchev–Trinajstić information content (AvgIpc) is 3.14. The molecule has 0 unspecified atom stereocenters. The van der Waals surface area contributed by atoms with Crippen molar-refractivity contribution in [2.24, 2.45) is 7.05 Å². The second kappa shape index (κ2) is 9.34. The minimum atomic E-state index is -0.400. The molecule has 0 atom stereocenters. The van der Waals surface area contributed by atoms with E-state index in [0.717, 1.165) is 37.3 Å². The first-order chi connectivity index (χ1) is 15.5. The number of benzene rings is 2. The first-order valence-corrected chi connectivity index (χ1v) is 12.0. The fourth-order valence-electron chi connectivity index (χ4n) is 3.61. The molecule has 0 aliphatic heterocycles. The number of rotatable bonds is 6. The second-order valence-corrected chi connectivity index (χ2v) is 8.73. The molecule has 0 radical (unpaired) electrons. The molecule has 2 aromatic carbocycles. The zero-order valence-electron chi connectivity index (χ0n) is 18.2. The van der Waals surface area contributed by atoms with Gasteiger partial charge in [0.15, 0.2) is 5.65 Å². The van der Waals surface area contributed by atoms with E-state index in [2.05, 4.69) is 15.9 Å². The summed E-state index contributed by atoms with van der Waals surface area (Å²) in [4.78, 5) is 18.9. The van der Waals surface area contributed by atoms with Crippen LogP contribution >= 0.6 is 27.7 Å². The number of fused-ring (bicyclic) bond motifs is 1. The molecule has 0 saturated heterocycles. The summed E-state index contributed by atoms with van der Waals surface area (Å²) in [6.07, 6.45) is 1.95. The number of nitrogens with zero attached hydrogens (tertiary/aromatic N) is 3. The van der Waals surface area contributed by atoms with Crippen LogP contribution in [0.5, 0.6) is 5.75 Å². The Morgan fingerprint density at radius 1 is 1.06 bits per heavy atom. The monoisotopic (exact) mass is 511 g/mol. The van der Waals surface area contributed by atoms with Crippen molar-refractivity contribution in [1.29, 1.82) is 0 Å². The summed E-state index contributed by atoms with van der Waals surface area (Å²) in [7, 11) is 3.48. The third kappa shape index (κ3) is 4.00. The summed E-state index contributed by atoms with van der Waals surface area (Å²) >= 11 is 4.98. The highest BCUT2D eigenvalue weighted by molar-refractivity contribution is 9.10. The zero-order valence-corrected chi connectivity index (χ0v) is 20.6. The van der Waals surface area contributed by atoms with Crippen molar-refractivity contribution in [1.82, 2.24) is 14.8 Å². The van der Waals surface area contributed by atoms with Gasteiger partial charge < -0.3 is 9.47 Å². The van der Waals surface area contributed by atoms with Gasteiger partial charge in [0.1, 0.15) is 17.0 Å². The average molecular weight is 512 g/mol. The molecule has 2 aromatic heterocycles. The number of halogens is 1. The molecule has 6 nitrogen and oxygen atoms in total. The molecule has 0 aliphatic rings. The fourth-order valence-corrected chi connectivity index (χ4v) is 4.65. The number of aryl methyl sites for hydroxylation is 1. The topological polar surface area (TPSA) is 66.2 Å². The molecule has 2 heterocycles. The number of hydrogen-bond acceptors (Lipinski definition) is 6. The standard InChI is InChI=1S/C24H22BrN3O3S/c1-5-31-24(29)19-20(14-8-12-17(30-3)13-9-14)26-23-18(22(19)32-4)21(27-28(23)2)15-6-10-16(25)11-7-15/h6-13H,5H2,1-4H3. The van der Waals surface area contributed by atoms with Crippen molar-refractivity contribution < 1.29 is 14.3 Å². The summed E-state index contributed by atoms with van der Waals surface area (Å²) in [5.74, 6) is 0.332. The van der Waals surface area contributed by atoms with E-state index in [-0.39, 0.29) is 6.61 Å². The van der Waals surface area contributed by atoms with Crippen molar-refractivity contribution in [3.63, 3.8) is 0 Å². The van der Waals surface area contributed by atoms with Crippen molar-refractivity contribution >= 4 is 44.7 Å². The van der Waals surface area contributed by atoms with Crippen LogP contribution in [0.3, 0.4) is 0 Å². The second-order valence-electron chi connectivity index (χ2n) is 7.00. The highest BCUT2D eigenvalue weighted by atomic mass is 79.9.